The average molecular weight is 313 g/mol. The summed E-state index contributed by atoms with van der Waals surface area (Å²) in [6.45, 7) is 0.277. The van der Waals surface area contributed by atoms with Gasteiger partial charge in [0, 0.05) is 30.8 Å². The summed E-state index contributed by atoms with van der Waals surface area (Å²) in [5, 5.41) is 4.51. The van der Waals surface area contributed by atoms with E-state index in [1.54, 1.807) is 10.7 Å². The summed E-state index contributed by atoms with van der Waals surface area (Å²) in [6, 6.07) is 15.6. The molecule has 1 aromatic heterocycles. The number of benzene rings is 2. The molecule has 5 heteroatoms. The lowest BCUT2D eigenvalue weighted by Crippen LogP contribution is -2.17. The third-order valence-electron chi connectivity index (χ3n) is 3.92. The van der Waals surface area contributed by atoms with Crippen molar-refractivity contribution in [2.24, 2.45) is 12.8 Å². The minimum absolute atomic E-state index is 0.250. The van der Waals surface area contributed by atoms with Crippen LogP contribution >= 0.6 is 0 Å². The molecule has 3 aromatic rings. The molecule has 1 unspecified atom stereocenters. The van der Waals surface area contributed by atoms with Crippen molar-refractivity contribution in [3.63, 3.8) is 0 Å². The molecule has 0 aliphatic carbocycles. The number of nitrogens with two attached hydrogens (primary N) is 1. The first-order valence-electron chi connectivity index (χ1n) is 7.34. The van der Waals surface area contributed by atoms with Crippen LogP contribution in [0.2, 0.25) is 0 Å². The molecule has 0 spiro atoms. The smallest absolute Gasteiger partial charge is 0.159 e. The SMILES string of the molecule is Cn1nc(-c2ccccc2)cc1C(CN)c1ccc(F)c(F)c1. The van der Waals surface area contributed by atoms with Crippen molar-refractivity contribution in [3.05, 3.63) is 77.5 Å². The number of halogens is 2. The molecule has 118 valence electrons. The minimum Gasteiger partial charge on any atom is -0.329 e. The van der Waals surface area contributed by atoms with Gasteiger partial charge in [0.05, 0.1) is 5.69 Å². The van der Waals surface area contributed by atoms with Gasteiger partial charge in [-0.2, -0.15) is 5.10 Å². The van der Waals surface area contributed by atoms with Gasteiger partial charge < -0.3 is 5.73 Å². The van der Waals surface area contributed by atoms with Gasteiger partial charge in [-0.3, -0.25) is 4.68 Å². The van der Waals surface area contributed by atoms with Crippen LogP contribution in [0.15, 0.2) is 54.6 Å². The average Bonchev–Trinajstić information content (AvgIpc) is 2.94. The molecular weight excluding hydrogens is 296 g/mol. The summed E-state index contributed by atoms with van der Waals surface area (Å²) >= 11 is 0. The van der Waals surface area contributed by atoms with Crippen LogP contribution in [0, 0.1) is 11.6 Å². The molecule has 23 heavy (non-hydrogen) atoms. The molecule has 0 aliphatic heterocycles. The second-order valence-electron chi connectivity index (χ2n) is 5.41. The highest BCUT2D eigenvalue weighted by molar-refractivity contribution is 5.59. The molecule has 3 rings (SSSR count). The maximum atomic E-state index is 13.5. The first-order valence-corrected chi connectivity index (χ1v) is 7.34. The van der Waals surface area contributed by atoms with Crippen LogP contribution in [0.1, 0.15) is 17.2 Å². The molecule has 3 nitrogen and oxygen atoms in total. The van der Waals surface area contributed by atoms with Gasteiger partial charge in [0.1, 0.15) is 0 Å². The topological polar surface area (TPSA) is 43.8 Å². The van der Waals surface area contributed by atoms with Gasteiger partial charge >= 0.3 is 0 Å². The normalized spacial score (nSPS) is 12.3. The van der Waals surface area contributed by atoms with Gasteiger partial charge in [-0.1, -0.05) is 36.4 Å². The van der Waals surface area contributed by atoms with Crippen molar-refractivity contribution in [1.29, 1.82) is 0 Å². The molecule has 0 radical (unpaired) electrons. The van der Waals surface area contributed by atoms with E-state index in [-0.39, 0.29) is 12.5 Å². The molecule has 0 amide bonds. The molecule has 0 saturated carbocycles. The lowest BCUT2D eigenvalue weighted by Gasteiger charge is -2.15. The summed E-state index contributed by atoms with van der Waals surface area (Å²) in [5.41, 5.74) is 9.20. The van der Waals surface area contributed by atoms with Crippen LogP contribution in [-0.4, -0.2) is 16.3 Å². The van der Waals surface area contributed by atoms with E-state index in [1.807, 2.05) is 43.4 Å². The molecule has 1 heterocycles. The predicted octanol–water partition coefficient (Wildman–Crippen LogP) is 3.46. The van der Waals surface area contributed by atoms with E-state index in [9.17, 15) is 8.78 Å². The van der Waals surface area contributed by atoms with Crippen molar-refractivity contribution >= 4 is 0 Å². The third-order valence-corrected chi connectivity index (χ3v) is 3.92. The van der Waals surface area contributed by atoms with Crippen LogP contribution < -0.4 is 5.73 Å². The Bertz CT molecular complexity index is 812. The van der Waals surface area contributed by atoms with Gasteiger partial charge in [-0.15, -0.1) is 0 Å². The Morgan fingerprint density at radius 1 is 1.04 bits per heavy atom. The Morgan fingerprint density at radius 2 is 1.78 bits per heavy atom. The zero-order chi connectivity index (χ0) is 16.4. The number of nitrogens with zero attached hydrogens (tertiary/aromatic N) is 2. The van der Waals surface area contributed by atoms with Gasteiger partial charge in [0.15, 0.2) is 11.6 Å². The number of aryl methyl sites for hydroxylation is 1. The fraction of sp³-hybridized carbons (Fsp3) is 0.167. The number of hydrogen-bond acceptors (Lipinski definition) is 2. The Labute approximate surface area is 133 Å². The summed E-state index contributed by atoms with van der Waals surface area (Å²) < 4.78 is 28.4. The van der Waals surface area contributed by atoms with Crippen molar-refractivity contribution in [1.82, 2.24) is 9.78 Å². The van der Waals surface area contributed by atoms with Crippen LogP contribution in [0.5, 0.6) is 0 Å². The van der Waals surface area contributed by atoms with Crippen molar-refractivity contribution in [2.75, 3.05) is 6.54 Å². The number of hydrogen-bond donors (Lipinski definition) is 1. The zero-order valence-electron chi connectivity index (χ0n) is 12.7. The number of rotatable bonds is 4. The predicted molar refractivity (Wildman–Crippen MR) is 85.9 cm³/mol. The van der Waals surface area contributed by atoms with Crippen LogP contribution in [0.4, 0.5) is 8.78 Å². The zero-order valence-corrected chi connectivity index (χ0v) is 12.7. The highest BCUT2D eigenvalue weighted by Gasteiger charge is 2.19. The first-order chi connectivity index (χ1) is 11.1. The Morgan fingerprint density at radius 3 is 2.43 bits per heavy atom. The van der Waals surface area contributed by atoms with E-state index in [4.69, 9.17) is 5.73 Å². The maximum absolute atomic E-state index is 13.5. The standard InChI is InChI=1S/C18H17F2N3/c1-23-18(10-17(22-23)12-5-3-2-4-6-12)14(11-21)13-7-8-15(19)16(20)9-13/h2-10,14H,11,21H2,1H3. The minimum atomic E-state index is -0.869. The Balaban J connectivity index is 2.02. The largest absolute Gasteiger partial charge is 0.329 e. The molecule has 2 aromatic carbocycles. The molecule has 2 N–H and O–H groups in total. The van der Waals surface area contributed by atoms with Crippen LogP contribution in [0.3, 0.4) is 0 Å². The van der Waals surface area contributed by atoms with Crippen LogP contribution in [-0.2, 0) is 7.05 Å². The maximum Gasteiger partial charge on any atom is 0.159 e. The second kappa shape index (κ2) is 6.30. The lowest BCUT2D eigenvalue weighted by molar-refractivity contribution is 0.505. The fourth-order valence-corrected chi connectivity index (χ4v) is 2.71. The van der Waals surface area contributed by atoms with E-state index in [0.29, 0.717) is 5.56 Å². The molecule has 0 fully saturated rings. The summed E-state index contributed by atoms with van der Waals surface area (Å²) in [5.74, 6) is -1.98. The second-order valence-corrected chi connectivity index (χ2v) is 5.41. The van der Waals surface area contributed by atoms with Crippen molar-refractivity contribution < 1.29 is 8.78 Å². The van der Waals surface area contributed by atoms with Gasteiger partial charge in [-0.25, -0.2) is 8.78 Å². The molecule has 0 bridgehead atoms. The van der Waals surface area contributed by atoms with Gasteiger partial charge in [-0.05, 0) is 23.8 Å². The van der Waals surface area contributed by atoms with E-state index in [2.05, 4.69) is 5.10 Å². The Hall–Kier alpha value is -2.53. The summed E-state index contributed by atoms with van der Waals surface area (Å²) in [4.78, 5) is 0. The van der Waals surface area contributed by atoms with Crippen LogP contribution in [0.25, 0.3) is 11.3 Å². The molecule has 0 aliphatic rings. The van der Waals surface area contributed by atoms with E-state index in [1.165, 1.54) is 6.07 Å². The van der Waals surface area contributed by atoms with E-state index < -0.39 is 11.6 Å². The van der Waals surface area contributed by atoms with Gasteiger partial charge in [0.25, 0.3) is 0 Å². The Kier molecular flexibility index (Phi) is 4.21. The highest BCUT2D eigenvalue weighted by atomic mass is 19.2. The summed E-state index contributed by atoms with van der Waals surface area (Å²) in [7, 11) is 1.82. The molecular formula is C18H17F2N3. The fourth-order valence-electron chi connectivity index (χ4n) is 2.71. The molecule has 0 saturated heterocycles. The summed E-state index contributed by atoms with van der Waals surface area (Å²) in [6.07, 6.45) is 0. The number of aromatic nitrogens is 2. The van der Waals surface area contributed by atoms with Crippen molar-refractivity contribution in [3.8, 4) is 11.3 Å². The third kappa shape index (κ3) is 3.00. The van der Waals surface area contributed by atoms with E-state index >= 15 is 0 Å². The highest BCUT2D eigenvalue weighted by Crippen LogP contribution is 2.28. The lowest BCUT2D eigenvalue weighted by atomic mass is 9.95. The monoisotopic (exact) mass is 313 g/mol. The van der Waals surface area contributed by atoms with Gasteiger partial charge in [0.2, 0.25) is 0 Å². The van der Waals surface area contributed by atoms with Crippen molar-refractivity contribution in [2.45, 2.75) is 5.92 Å². The molecule has 1 atom stereocenters. The first kappa shape index (κ1) is 15.4. The quantitative estimate of drug-likeness (QED) is 0.801. The van der Waals surface area contributed by atoms with E-state index in [0.717, 1.165) is 23.0 Å².